The van der Waals surface area contributed by atoms with Crippen LogP contribution < -0.4 is 0 Å². The molecule has 0 fully saturated rings. The topological polar surface area (TPSA) is 60.2 Å². The standard InChI is InChI=1S/C20H30NO3/c1-2-3-4-5-11-14-17-20(21(23)24)18-15-12-9-7-6-8-10-13-16-19-22/h3-4,9,11-12,14,18H,2,5-8,10,13,15-17H2,1H3/b4-3-,12-9-,14-11-,20-18+. The third-order valence-corrected chi connectivity index (χ3v) is 3.46. The molecule has 0 aromatic carbocycles. The van der Waals surface area contributed by atoms with Crippen LogP contribution in [0.15, 0.2) is 48.2 Å². The van der Waals surface area contributed by atoms with Gasteiger partial charge in [0.25, 0.3) is 0 Å². The summed E-state index contributed by atoms with van der Waals surface area (Å²) in [6.45, 7) is 2.08. The van der Waals surface area contributed by atoms with Gasteiger partial charge >= 0.3 is 0 Å². The fourth-order valence-corrected chi connectivity index (χ4v) is 2.11. The Labute approximate surface area is 146 Å². The summed E-state index contributed by atoms with van der Waals surface area (Å²) >= 11 is 0. The van der Waals surface area contributed by atoms with Gasteiger partial charge in [-0.3, -0.25) is 14.9 Å². The van der Waals surface area contributed by atoms with Gasteiger partial charge in [0, 0.05) is 6.42 Å². The lowest BCUT2D eigenvalue weighted by atomic mass is 10.1. The molecule has 133 valence electrons. The summed E-state index contributed by atoms with van der Waals surface area (Å²) in [5, 5.41) is 11.0. The van der Waals surface area contributed by atoms with Crippen LogP contribution in [0.1, 0.15) is 71.1 Å². The number of unbranched alkanes of at least 4 members (excludes halogenated alkanes) is 5. The second-order valence-electron chi connectivity index (χ2n) is 5.55. The first-order valence-electron chi connectivity index (χ1n) is 8.85. The first kappa shape index (κ1) is 22.0. The van der Waals surface area contributed by atoms with Crippen LogP contribution in [0.25, 0.3) is 0 Å². The van der Waals surface area contributed by atoms with Crippen LogP contribution in [0.5, 0.6) is 0 Å². The van der Waals surface area contributed by atoms with Crippen molar-refractivity contribution in [2.24, 2.45) is 0 Å². The molecule has 0 rings (SSSR count). The van der Waals surface area contributed by atoms with Crippen LogP contribution in [0.2, 0.25) is 0 Å². The number of nitro groups is 1. The quantitative estimate of drug-likeness (QED) is 0.164. The third kappa shape index (κ3) is 14.9. The molecular formula is C20H30NO3. The first-order valence-corrected chi connectivity index (χ1v) is 8.85. The predicted octanol–water partition coefficient (Wildman–Crippen LogP) is 5.85. The largest absolute Gasteiger partial charge is 0.291 e. The van der Waals surface area contributed by atoms with Crippen molar-refractivity contribution in [3.8, 4) is 0 Å². The summed E-state index contributed by atoms with van der Waals surface area (Å²) in [5.41, 5.74) is 0.250. The lowest BCUT2D eigenvalue weighted by Gasteiger charge is -1.95. The molecule has 0 aliphatic heterocycles. The number of rotatable bonds is 15. The Balaban J connectivity index is 3.94. The molecule has 0 aliphatic carbocycles. The predicted molar refractivity (Wildman–Crippen MR) is 100 cm³/mol. The molecule has 0 heterocycles. The Morgan fingerprint density at radius 3 is 2.38 bits per heavy atom. The molecule has 0 aliphatic rings. The summed E-state index contributed by atoms with van der Waals surface area (Å²) in [5.74, 6) is 0. The van der Waals surface area contributed by atoms with Gasteiger partial charge in [-0.25, -0.2) is 0 Å². The maximum atomic E-state index is 11.0. The van der Waals surface area contributed by atoms with Crippen molar-refractivity contribution in [3.05, 3.63) is 58.3 Å². The fourth-order valence-electron chi connectivity index (χ4n) is 2.11. The van der Waals surface area contributed by atoms with E-state index < -0.39 is 0 Å². The zero-order valence-electron chi connectivity index (χ0n) is 14.8. The zero-order valence-corrected chi connectivity index (χ0v) is 14.8. The summed E-state index contributed by atoms with van der Waals surface area (Å²) in [6.07, 6.45) is 24.1. The molecule has 0 N–H and O–H groups in total. The van der Waals surface area contributed by atoms with Crippen molar-refractivity contribution in [2.75, 3.05) is 0 Å². The van der Waals surface area contributed by atoms with Crippen LogP contribution in [-0.4, -0.2) is 11.2 Å². The molecule has 0 bridgehead atoms. The normalized spacial score (nSPS) is 12.6. The van der Waals surface area contributed by atoms with Crippen molar-refractivity contribution in [1.82, 2.24) is 0 Å². The summed E-state index contributed by atoms with van der Waals surface area (Å²) < 4.78 is 0. The van der Waals surface area contributed by atoms with Gasteiger partial charge in [0.2, 0.25) is 5.70 Å². The molecule has 24 heavy (non-hydrogen) atoms. The molecule has 0 aromatic heterocycles. The minimum Gasteiger partial charge on any atom is -0.291 e. The maximum absolute atomic E-state index is 11.0. The van der Waals surface area contributed by atoms with Crippen molar-refractivity contribution >= 4 is 6.29 Å². The molecule has 0 saturated heterocycles. The smallest absolute Gasteiger partial charge is 0.246 e. The Morgan fingerprint density at radius 2 is 1.67 bits per heavy atom. The van der Waals surface area contributed by atoms with E-state index in [-0.39, 0.29) is 10.6 Å². The minimum absolute atomic E-state index is 0.250. The molecule has 0 atom stereocenters. The number of nitrogens with zero attached hydrogens (tertiary/aromatic N) is 1. The molecular weight excluding hydrogens is 302 g/mol. The van der Waals surface area contributed by atoms with Gasteiger partial charge in [-0.1, -0.05) is 56.2 Å². The van der Waals surface area contributed by atoms with Gasteiger partial charge in [-0.05, 0) is 44.6 Å². The highest BCUT2D eigenvalue weighted by Gasteiger charge is 2.06. The van der Waals surface area contributed by atoms with Gasteiger partial charge in [0.05, 0.1) is 11.3 Å². The van der Waals surface area contributed by atoms with Gasteiger partial charge in [-0.15, -0.1) is 0 Å². The lowest BCUT2D eigenvalue weighted by Crippen LogP contribution is -1.97. The van der Waals surface area contributed by atoms with Gasteiger partial charge in [0.1, 0.15) is 0 Å². The van der Waals surface area contributed by atoms with Crippen molar-refractivity contribution in [1.29, 1.82) is 0 Å². The number of carbonyl (C=O) groups excluding carboxylic acids is 1. The second kappa shape index (κ2) is 17.4. The van der Waals surface area contributed by atoms with Gasteiger partial charge in [-0.2, -0.15) is 0 Å². The van der Waals surface area contributed by atoms with E-state index in [9.17, 15) is 14.9 Å². The van der Waals surface area contributed by atoms with E-state index in [0.717, 1.165) is 44.9 Å². The third-order valence-electron chi connectivity index (χ3n) is 3.46. The van der Waals surface area contributed by atoms with Crippen molar-refractivity contribution < 1.29 is 9.72 Å². The summed E-state index contributed by atoms with van der Waals surface area (Å²) in [6, 6.07) is 0. The van der Waals surface area contributed by atoms with E-state index in [1.165, 1.54) is 0 Å². The average Bonchev–Trinajstić information content (AvgIpc) is 2.57. The Kier molecular flexibility index (Phi) is 16.0. The van der Waals surface area contributed by atoms with E-state index in [4.69, 9.17) is 0 Å². The second-order valence-corrected chi connectivity index (χ2v) is 5.55. The highest BCUT2D eigenvalue weighted by atomic mass is 16.6. The van der Waals surface area contributed by atoms with Gasteiger partial charge < -0.3 is 0 Å². The van der Waals surface area contributed by atoms with Crippen LogP contribution >= 0.6 is 0 Å². The molecule has 4 nitrogen and oxygen atoms in total. The van der Waals surface area contributed by atoms with E-state index in [1.807, 2.05) is 24.5 Å². The maximum Gasteiger partial charge on any atom is 0.246 e. The number of hydrogen-bond donors (Lipinski definition) is 0. The summed E-state index contributed by atoms with van der Waals surface area (Å²) in [4.78, 5) is 20.7. The Hall–Kier alpha value is -1.97. The first-order chi connectivity index (χ1) is 11.7. The van der Waals surface area contributed by atoms with Crippen molar-refractivity contribution in [3.63, 3.8) is 0 Å². The van der Waals surface area contributed by atoms with Gasteiger partial charge in [0.15, 0.2) is 6.29 Å². The molecule has 0 spiro atoms. The van der Waals surface area contributed by atoms with E-state index in [1.54, 1.807) is 6.08 Å². The lowest BCUT2D eigenvalue weighted by molar-refractivity contribution is -0.427. The number of hydrogen-bond acceptors (Lipinski definition) is 3. The Bertz CT molecular complexity index is 448. The van der Waals surface area contributed by atoms with Crippen molar-refractivity contribution in [2.45, 2.75) is 71.1 Å². The molecule has 0 aromatic rings. The monoisotopic (exact) mass is 332 g/mol. The van der Waals surface area contributed by atoms with Crippen LogP contribution in [-0.2, 0) is 4.79 Å². The van der Waals surface area contributed by atoms with Crippen LogP contribution in [0.4, 0.5) is 0 Å². The average molecular weight is 332 g/mol. The summed E-state index contributed by atoms with van der Waals surface area (Å²) in [7, 11) is 0. The molecule has 0 amide bonds. The van der Waals surface area contributed by atoms with E-state index in [2.05, 4.69) is 25.2 Å². The minimum atomic E-state index is -0.301. The molecule has 0 saturated carbocycles. The molecule has 0 unspecified atom stereocenters. The van der Waals surface area contributed by atoms with Crippen LogP contribution in [0.3, 0.4) is 0 Å². The molecule has 4 heteroatoms. The Morgan fingerprint density at radius 1 is 0.958 bits per heavy atom. The highest BCUT2D eigenvalue weighted by molar-refractivity contribution is 5.50. The highest BCUT2D eigenvalue weighted by Crippen LogP contribution is 2.08. The fraction of sp³-hybridized carbons (Fsp3) is 0.550. The van der Waals surface area contributed by atoms with E-state index >= 15 is 0 Å². The molecule has 1 radical (unpaired) electrons. The van der Waals surface area contributed by atoms with Crippen LogP contribution in [0, 0.1) is 10.1 Å². The SMILES string of the molecule is CC/C=C\C/C=C\C/C(=C\C/C=C\CCCCCC[C]=O)[N+](=O)[O-]. The zero-order chi connectivity index (χ0) is 17.9. The van der Waals surface area contributed by atoms with E-state index in [0.29, 0.717) is 19.3 Å². The number of allylic oxidation sites excluding steroid dienone is 7.